The van der Waals surface area contributed by atoms with Gasteiger partial charge in [0.15, 0.2) is 0 Å². The molecule has 1 amide bonds. The Morgan fingerprint density at radius 3 is 2.41 bits per heavy atom. The van der Waals surface area contributed by atoms with Crippen LogP contribution in [-0.4, -0.2) is 38.1 Å². The first kappa shape index (κ1) is 16.5. The van der Waals surface area contributed by atoms with Crippen LogP contribution >= 0.6 is 0 Å². The van der Waals surface area contributed by atoms with Gasteiger partial charge in [-0.3, -0.25) is 0 Å². The molecule has 0 heterocycles. The monoisotopic (exact) mass is 305 g/mol. The number of carboxylic acids is 1. The van der Waals surface area contributed by atoms with Crippen molar-refractivity contribution in [1.29, 1.82) is 0 Å². The molecule has 0 saturated carbocycles. The molecule has 0 radical (unpaired) electrons. The number of nitrogens with one attached hydrogen (secondary N) is 1. The third kappa shape index (κ3) is 13.4. The summed E-state index contributed by atoms with van der Waals surface area (Å²) in [4.78, 5) is 21.6. The molecule has 0 aromatic heterocycles. The number of carbonyl (C=O) groups excluding carboxylic acids is 1. The molecule has 1 unspecified atom stereocenters. The van der Waals surface area contributed by atoms with Crippen LogP contribution in [0, 0.1) is 0 Å². The van der Waals surface area contributed by atoms with E-state index in [1.54, 1.807) is 0 Å². The van der Waals surface area contributed by atoms with Crippen molar-refractivity contribution in [2.75, 3.05) is 6.54 Å². The summed E-state index contributed by atoms with van der Waals surface area (Å²) in [7, 11) is 0. The molecule has 0 aliphatic carbocycles. The Labute approximate surface area is 110 Å². The van der Waals surface area contributed by atoms with Gasteiger partial charge in [0.05, 0.1) is 0 Å². The van der Waals surface area contributed by atoms with E-state index in [1.807, 2.05) is 0 Å². The number of rotatable bonds is 11. The third-order valence-electron chi connectivity index (χ3n) is 2.44. The summed E-state index contributed by atoms with van der Waals surface area (Å²) >= 11 is -0.765. The zero-order chi connectivity index (χ0) is 12.9. The molecular weight excluding hydrogens is 281 g/mol. The second kappa shape index (κ2) is 12.0. The van der Waals surface area contributed by atoms with Crippen molar-refractivity contribution in [2.45, 2.75) is 57.1 Å². The van der Waals surface area contributed by atoms with Crippen LogP contribution in [-0.2, 0) is 4.79 Å². The van der Waals surface area contributed by atoms with E-state index in [-0.39, 0.29) is 11.1 Å². The molecule has 0 aromatic carbocycles. The van der Waals surface area contributed by atoms with Gasteiger partial charge in [0.1, 0.15) is 0 Å². The van der Waals surface area contributed by atoms with Crippen LogP contribution in [0.3, 0.4) is 0 Å². The van der Waals surface area contributed by atoms with Gasteiger partial charge in [-0.1, -0.05) is 0 Å². The fourth-order valence-electron chi connectivity index (χ4n) is 1.45. The molecule has 17 heavy (non-hydrogen) atoms. The van der Waals surface area contributed by atoms with E-state index in [0.29, 0.717) is 5.21 Å². The van der Waals surface area contributed by atoms with Crippen molar-refractivity contribution in [3.63, 3.8) is 0 Å². The van der Waals surface area contributed by atoms with Crippen molar-refractivity contribution in [3.05, 3.63) is 0 Å². The molecule has 0 fully saturated rings. The minimum absolute atomic E-state index is 0.0970. The minimum atomic E-state index is -0.808. The summed E-state index contributed by atoms with van der Waals surface area (Å²) < 4.78 is 0.0970. The second-order valence-corrected chi connectivity index (χ2v) is 6.84. The quantitative estimate of drug-likeness (QED) is 0.455. The summed E-state index contributed by atoms with van der Waals surface area (Å²) in [5.74, 6) is -0.808. The Hall–Kier alpha value is -0.502. The van der Waals surface area contributed by atoms with Crippen LogP contribution in [0.25, 0.3) is 0 Å². The van der Waals surface area contributed by atoms with Crippen molar-refractivity contribution < 1.29 is 14.7 Å². The van der Waals surface area contributed by atoms with Gasteiger partial charge in [0, 0.05) is 0 Å². The van der Waals surface area contributed by atoms with Gasteiger partial charge in [-0.25, -0.2) is 0 Å². The van der Waals surface area contributed by atoms with Crippen LogP contribution in [0.15, 0.2) is 0 Å². The van der Waals surface area contributed by atoms with Gasteiger partial charge >= 0.3 is 110 Å². The van der Waals surface area contributed by atoms with Crippen molar-refractivity contribution in [1.82, 2.24) is 5.32 Å². The number of unbranched alkanes of at least 4 members (excludes halogenated alkanes) is 5. The summed E-state index contributed by atoms with van der Waals surface area (Å²) in [5, 5.41) is 11.9. The Morgan fingerprint density at radius 2 is 1.76 bits per heavy atom. The molecule has 0 spiro atoms. The molecule has 0 saturated heterocycles. The van der Waals surface area contributed by atoms with Gasteiger partial charge in [0.25, 0.3) is 0 Å². The third-order valence-corrected chi connectivity index (χ3v) is 4.53. The Kier molecular flexibility index (Phi) is 11.6. The van der Waals surface area contributed by atoms with Gasteiger partial charge < -0.3 is 0 Å². The Bertz CT molecular complexity index is 222. The number of carbonyl (C=O) groups is 2. The molecule has 4 nitrogen and oxygen atoms in total. The molecule has 1 atom stereocenters. The Balaban J connectivity index is 3.19. The maximum absolute atomic E-state index is 11.3. The Morgan fingerprint density at radius 1 is 1.12 bits per heavy atom. The summed E-state index contributed by atoms with van der Waals surface area (Å²) in [5.41, 5.74) is 0. The average molecular weight is 305 g/mol. The first-order valence-electron chi connectivity index (χ1n) is 6.40. The summed E-state index contributed by atoms with van der Waals surface area (Å²) in [6.45, 7) is 2.95. The molecule has 0 bridgehead atoms. The topological polar surface area (TPSA) is 66.4 Å². The van der Waals surface area contributed by atoms with E-state index in [9.17, 15) is 9.59 Å². The number of carboxylic acid groups (broad SMARTS) is 1. The first-order valence-corrected chi connectivity index (χ1v) is 8.93. The summed E-state index contributed by atoms with van der Waals surface area (Å²) in [6, 6.07) is 0. The van der Waals surface area contributed by atoms with Crippen LogP contribution in [0.4, 0.5) is 4.79 Å². The summed E-state index contributed by atoms with van der Waals surface area (Å²) in [6.07, 6.45) is 7.44. The van der Waals surface area contributed by atoms with Crippen LogP contribution in [0.1, 0.15) is 51.9 Å². The normalized spacial score (nSPS) is 10.9. The van der Waals surface area contributed by atoms with Crippen LogP contribution < -0.4 is 5.32 Å². The van der Waals surface area contributed by atoms with Gasteiger partial charge in [-0.05, 0) is 0 Å². The van der Waals surface area contributed by atoms with Crippen molar-refractivity contribution in [2.24, 2.45) is 0 Å². The molecule has 0 aliphatic rings. The molecule has 2 N–H and O–H groups in total. The maximum atomic E-state index is 11.3. The van der Waals surface area contributed by atoms with Crippen LogP contribution in [0.2, 0.25) is 5.21 Å². The molecule has 5 heteroatoms. The van der Waals surface area contributed by atoms with E-state index >= 15 is 0 Å². The molecular formula is C12H24AsNO3. The van der Waals surface area contributed by atoms with Gasteiger partial charge in [0.2, 0.25) is 0 Å². The molecule has 0 rings (SSSR count). The standard InChI is InChI=1S/C12H24AsNO3/c1-2-3-4-5-6-7-10-14-12(17)13-9-8-11(15)16/h13H,2-10H2,1H3,(H,14,17)(H,15,16). The van der Waals surface area contributed by atoms with E-state index in [1.165, 1.54) is 32.1 Å². The molecule has 0 aliphatic heterocycles. The predicted molar refractivity (Wildman–Crippen MR) is 71.0 cm³/mol. The predicted octanol–water partition coefficient (Wildman–Crippen LogP) is 2.39. The number of amides is 1. The van der Waals surface area contributed by atoms with E-state index in [4.69, 9.17) is 5.11 Å². The zero-order valence-corrected chi connectivity index (χ0v) is 12.7. The number of aliphatic carboxylic acids is 1. The fraction of sp³-hybridized carbons (Fsp3) is 0.833. The fourth-order valence-corrected chi connectivity index (χ4v) is 3.16. The van der Waals surface area contributed by atoms with Gasteiger partial charge in [-0.15, -0.1) is 0 Å². The SMILES string of the molecule is CCCCCCCCNC(=O)[AsH]CCC(=O)O. The van der Waals surface area contributed by atoms with E-state index in [0.717, 1.165) is 13.0 Å². The number of hydrogen-bond donors (Lipinski definition) is 2. The second-order valence-electron chi connectivity index (χ2n) is 4.09. The zero-order valence-electron chi connectivity index (χ0n) is 10.6. The number of hydrogen-bond acceptors (Lipinski definition) is 2. The van der Waals surface area contributed by atoms with E-state index < -0.39 is 21.7 Å². The van der Waals surface area contributed by atoms with E-state index in [2.05, 4.69) is 12.2 Å². The van der Waals surface area contributed by atoms with Gasteiger partial charge in [-0.2, -0.15) is 0 Å². The molecule has 100 valence electrons. The average Bonchev–Trinajstić information content (AvgIpc) is 2.27. The van der Waals surface area contributed by atoms with Crippen molar-refractivity contribution in [3.8, 4) is 0 Å². The molecule has 0 aromatic rings. The van der Waals surface area contributed by atoms with Crippen LogP contribution in [0.5, 0.6) is 0 Å². The first-order chi connectivity index (χ1) is 8.16. The van der Waals surface area contributed by atoms with Crippen molar-refractivity contribution >= 4 is 26.4 Å².